The third-order valence-electron chi connectivity index (χ3n) is 3.21. The molecule has 0 amide bonds. The quantitative estimate of drug-likeness (QED) is 0.529. The molecule has 5 heteroatoms. The highest BCUT2D eigenvalue weighted by Gasteiger charge is 2.07. The van der Waals surface area contributed by atoms with Gasteiger partial charge in [0.05, 0.1) is 4.92 Å². The molecule has 20 heavy (non-hydrogen) atoms. The van der Waals surface area contributed by atoms with Gasteiger partial charge < -0.3 is 4.57 Å². The van der Waals surface area contributed by atoms with E-state index in [1.807, 2.05) is 36.5 Å². The SMILES string of the molecule is O=[N+]([O-])c1cccc(Cn2ccc3ccc(Br)cc32)c1. The Bertz CT molecular complexity index is 795. The highest BCUT2D eigenvalue weighted by atomic mass is 79.9. The van der Waals surface area contributed by atoms with Crippen molar-refractivity contribution in [3.05, 3.63) is 74.9 Å². The molecular weight excluding hydrogens is 320 g/mol. The van der Waals surface area contributed by atoms with Crippen molar-refractivity contribution in [2.24, 2.45) is 0 Å². The Morgan fingerprint density at radius 3 is 2.80 bits per heavy atom. The summed E-state index contributed by atoms with van der Waals surface area (Å²) in [6.07, 6.45) is 2.00. The van der Waals surface area contributed by atoms with E-state index in [9.17, 15) is 10.1 Å². The molecule has 0 atom stereocenters. The van der Waals surface area contributed by atoms with Gasteiger partial charge in [-0.2, -0.15) is 0 Å². The highest BCUT2D eigenvalue weighted by molar-refractivity contribution is 9.10. The van der Waals surface area contributed by atoms with Gasteiger partial charge in [-0.25, -0.2) is 0 Å². The van der Waals surface area contributed by atoms with E-state index in [0.29, 0.717) is 6.54 Å². The molecule has 0 bridgehead atoms. The Kier molecular flexibility index (Phi) is 3.28. The minimum atomic E-state index is -0.367. The van der Waals surface area contributed by atoms with Gasteiger partial charge in [0.2, 0.25) is 0 Å². The van der Waals surface area contributed by atoms with Crippen LogP contribution in [-0.2, 0) is 6.54 Å². The predicted octanol–water partition coefficient (Wildman–Crippen LogP) is 4.36. The Balaban J connectivity index is 1.99. The number of rotatable bonds is 3. The second-order valence-electron chi connectivity index (χ2n) is 4.57. The van der Waals surface area contributed by atoms with E-state index in [2.05, 4.69) is 20.5 Å². The molecule has 1 aromatic heterocycles. The van der Waals surface area contributed by atoms with Gasteiger partial charge in [-0.15, -0.1) is 0 Å². The highest BCUT2D eigenvalue weighted by Crippen LogP contribution is 2.22. The second kappa shape index (κ2) is 5.09. The molecule has 2 aromatic carbocycles. The van der Waals surface area contributed by atoms with Crippen LogP contribution in [0.2, 0.25) is 0 Å². The number of nitro groups is 1. The number of aromatic nitrogens is 1. The van der Waals surface area contributed by atoms with Crippen molar-refractivity contribution in [3.63, 3.8) is 0 Å². The smallest absolute Gasteiger partial charge is 0.269 e. The summed E-state index contributed by atoms with van der Waals surface area (Å²) in [6.45, 7) is 0.613. The standard InChI is InChI=1S/C15H11BrN2O2/c16-13-5-4-12-6-7-17(15(12)9-13)10-11-2-1-3-14(8-11)18(19)20/h1-9H,10H2. The lowest BCUT2D eigenvalue weighted by atomic mass is 10.2. The van der Waals surface area contributed by atoms with Crippen LogP contribution >= 0.6 is 15.9 Å². The number of halogens is 1. The second-order valence-corrected chi connectivity index (χ2v) is 5.49. The first-order chi connectivity index (χ1) is 9.63. The van der Waals surface area contributed by atoms with E-state index < -0.39 is 0 Å². The summed E-state index contributed by atoms with van der Waals surface area (Å²) in [5.41, 5.74) is 2.14. The third kappa shape index (κ3) is 2.44. The fraction of sp³-hybridized carbons (Fsp3) is 0.0667. The van der Waals surface area contributed by atoms with Crippen LogP contribution in [0.25, 0.3) is 10.9 Å². The molecule has 3 aromatic rings. The van der Waals surface area contributed by atoms with Gasteiger partial charge in [-0.1, -0.05) is 34.1 Å². The minimum Gasteiger partial charge on any atom is -0.343 e. The predicted molar refractivity (Wildman–Crippen MR) is 81.8 cm³/mol. The summed E-state index contributed by atoms with van der Waals surface area (Å²) >= 11 is 3.46. The largest absolute Gasteiger partial charge is 0.343 e. The fourth-order valence-electron chi connectivity index (χ4n) is 2.26. The molecule has 0 aliphatic heterocycles. The molecule has 3 rings (SSSR count). The van der Waals surface area contributed by atoms with Crippen molar-refractivity contribution < 1.29 is 4.92 Å². The molecule has 0 unspecified atom stereocenters. The number of non-ortho nitro benzene ring substituents is 1. The van der Waals surface area contributed by atoms with Crippen LogP contribution in [0.3, 0.4) is 0 Å². The normalized spacial score (nSPS) is 10.8. The van der Waals surface area contributed by atoms with Gasteiger partial charge in [-0.3, -0.25) is 10.1 Å². The maximum Gasteiger partial charge on any atom is 0.269 e. The molecule has 100 valence electrons. The van der Waals surface area contributed by atoms with E-state index in [1.165, 1.54) is 6.07 Å². The van der Waals surface area contributed by atoms with Crippen LogP contribution in [0, 0.1) is 10.1 Å². The van der Waals surface area contributed by atoms with Crippen molar-refractivity contribution in [2.75, 3.05) is 0 Å². The first-order valence-corrected chi connectivity index (χ1v) is 6.90. The number of nitro benzene ring substituents is 1. The van der Waals surface area contributed by atoms with E-state index in [0.717, 1.165) is 20.9 Å². The molecule has 0 aliphatic rings. The lowest BCUT2D eigenvalue weighted by molar-refractivity contribution is -0.384. The lowest BCUT2D eigenvalue weighted by Gasteiger charge is -2.06. The summed E-state index contributed by atoms with van der Waals surface area (Å²) in [4.78, 5) is 10.4. The summed E-state index contributed by atoms with van der Waals surface area (Å²) in [5, 5.41) is 12.0. The molecule has 1 heterocycles. The monoisotopic (exact) mass is 330 g/mol. The zero-order chi connectivity index (χ0) is 14.1. The van der Waals surface area contributed by atoms with Crippen molar-refractivity contribution in [2.45, 2.75) is 6.54 Å². The van der Waals surface area contributed by atoms with Crippen molar-refractivity contribution >= 4 is 32.5 Å². The average molecular weight is 331 g/mol. The van der Waals surface area contributed by atoms with Crippen LogP contribution < -0.4 is 0 Å². The maximum atomic E-state index is 10.8. The van der Waals surface area contributed by atoms with Crippen molar-refractivity contribution in [1.82, 2.24) is 4.57 Å². The molecule has 0 saturated carbocycles. The number of nitrogens with zero attached hydrogens (tertiary/aromatic N) is 2. The van der Waals surface area contributed by atoms with Crippen LogP contribution in [0.15, 0.2) is 59.2 Å². The summed E-state index contributed by atoms with van der Waals surface area (Å²) in [6, 6.07) is 14.9. The first-order valence-electron chi connectivity index (χ1n) is 6.11. The Hall–Kier alpha value is -2.14. The first kappa shape index (κ1) is 12.9. The van der Waals surface area contributed by atoms with Crippen LogP contribution in [0.5, 0.6) is 0 Å². The van der Waals surface area contributed by atoms with Gasteiger partial charge >= 0.3 is 0 Å². The molecule has 0 N–H and O–H groups in total. The number of fused-ring (bicyclic) bond motifs is 1. The molecule has 0 spiro atoms. The van der Waals surface area contributed by atoms with Crippen molar-refractivity contribution in [1.29, 1.82) is 0 Å². The molecule has 0 fully saturated rings. The topological polar surface area (TPSA) is 48.1 Å². The Labute approximate surface area is 123 Å². The van der Waals surface area contributed by atoms with Gasteiger partial charge in [0.15, 0.2) is 0 Å². The van der Waals surface area contributed by atoms with E-state index in [-0.39, 0.29) is 10.6 Å². The van der Waals surface area contributed by atoms with E-state index in [1.54, 1.807) is 12.1 Å². The molecule has 0 saturated heterocycles. The Morgan fingerprint density at radius 1 is 1.15 bits per heavy atom. The molecule has 0 radical (unpaired) electrons. The number of hydrogen-bond donors (Lipinski definition) is 0. The summed E-state index contributed by atoms with van der Waals surface area (Å²) in [5.74, 6) is 0. The van der Waals surface area contributed by atoms with Crippen LogP contribution in [-0.4, -0.2) is 9.49 Å². The Morgan fingerprint density at radius 2 is 2.00 bits per heavy atom. The summed E-state index contributed by atoms with van der Waals surface area (Å²) < 4.78 is 3.10. The molecule has 0 aliphatic carbocycles. The molecular formula is C15H11BrN2O2. The average Bonchev–Trinajstić information content (AvgIpc) is 2.82. The van der Waals surface area contributed by atoms with Gasteiger partial charge in [-0.05, 0) is 29.1 Å². The minimum absolute atomic E-state index is 0.125. The van der Waals surface area contributed by atoms with E-state index >= 15 is 0 Å². The van der Waals surface area contributed by atoms with Gasteiger partial charge in [0.25, 0.3) is 5.69 Å². The summed E-state index contributed by atoms with van der Waals surface area (Å²) in [7, 11) is 0. The van der Waals surface area contributed by atoms with Crippen LogP contribution in [0.4, 0.5) is 5.69 Å². The molecule has 4 nitrogen and oxygen atoms in total. The maximum absolute atomic E-state index is 10.8. The van der Waals surface area contributed by atoms with Crippen molar-refractivity contribution in [3.8, 4) is 0 Å². The zero-order valence-corrected chi connectivity index (χ0v) is 12.1. The number of benzene rings is 2. The third-order valence-corrected chi connectivity index (χ3v) is 3.70. The van der Waals surface area contributed by atoms with E-state index in [4.69, 9.17) is 0 Å². The van der Waals surface area contributed by atoms with Crippen LogP contribution in [0.1, 0.15) is 5.56 Å². The van der Waals surface area contributed by atoms with Gasteiger partial charge in [0, 0.05) is 34.9 Å². The van der Waals surface area contributed by atoms with Gasteiger partial charge in [0.1, 0.15) is 0 Å². The zero-order valence-electron chi connectivity index (χ0n) is 10.5. The fourth-order valence-corrected chi connectivity index (χ4v) is 2.61. The lowest BCUT2D eigenvalue weighted by Crippen LogP contribution is -1.98. The number of hydrogen-bond acceptors (Lipinski definition) is 2.